The van der Waals surface area contributed by atoms with E-state index in [1.807, 2.05) is 0 Å². The molecule has 0 N–H and O–H groups in total. The maximum atomic E-state index is 14.7. The van der Waals surface area contributed by atoms with Crippen molar-refractivity contribution in [3.05, 3.63) is 73.7 Å². The Labute approximate surface area is 193 Å². The second-order valence-electron chi connectivity index (χ2n) is 6.90. The molecule has 0 aliphatic heterocycles. The number of carbonyl (C=O) groups excluding carboxylic acids is 1. The molecule has 1 nitrogen and oxygen atoms in total. The van der Waals surface area contributed by atoms with Gasteiger partial charge in [0.2, 0.25) is 0 Å². The number of rotatable bonds is 6. The lowest BCUT2D eigenvalue weighted by atomic mass is 9.95. The molecule has 11 heteroatoms. The Morgan fingerprint density at radius 1 is 1.00 bits per heavy atom. The van der Waals surface area contributed by atoms with Gasteiger partial charge in [0.1, 0.15) is 11.7 Å². The van der Waals surface area contributed by atoms with Gasteiger partial charge in [0.15, 0.2) is 5.78 Å². The van der Waals surface area contributed by atoms with Gasteiger partial charge in [-0.1, -0.05) is 46.9 Å². The number of hydrogen-bond donors (Lipinski definition) is 0. The Morgan fingerprint density at radius 3 is 2.03 bits per heavy atom. The van der Waals surface area contributed by atoms with Crippen molar-refractivity contribution in [2.24, 2.45) is 0 Å². The second kappa shape index (κ2) is 10.0. The highest BCUT2D eigenvalue weighted by Crippen LogP contribution is 2.42. The van der Waals surface area contributed by atoms with Crippen LogP contribution in [0.2, 0.25) is 15.1 Å². The molecule has 0 spiro atoms. The molecular weight excluding hydrogens is 508 g/mol. The number of ketones is 1. The molecule has 174 valence electrons. The lowest BCUT2D eigenvalue weighted by Crippen LogP contribution is -2.19. The van der Waals surface area contributed by atoms with Crippen LogP contribution < -0.4 is 0 Å². The molecule has 1 unspecified atom stereocenters. The van der Waals surface area contributed by atoms with Crippen molar-refractivity contribution in [1.82, 2.24) is 0 Å². The highest BCUT2D eigenvalue weighted by molar-refractivity contribution is 6.48. The summed E-state index contributed by atoms with van der Waals surface area (Å²) in [7, 11) is 0. The quantitative estimate of drug-likeness (QED) is 0.210. The van der Waals surface area contributed by atoms with Crippen molar-refractivity contribution in [2.45, 2.75) is 38.0 Å². The number of allylic oxidation sites excluding steroid dienone is 1. The molecule has 32 heavy (non-hydrogen) atoms. The Hall–Kier alpha value is -1.77. The van der Waals surface area contributed by atoms with Gasteiger partial charge in [0.05, 0.1) is 21.5 Å². The third-order valence-electron chi connectivity index (χ3n) is 4.47. The van der Waals surface area contributed by atoms with E-state index in [2.05, 4.69) is 0 Å². The summed E-state index contributed by atoms with van der Waals surface area (Å²) < 4.78 is 92.5. The van der Waals surface area contributed by atoms with Crippen molar-refractivity contribution in [2.75, 3.05) is 0 Å². The van der Waals surface area contributed by atoms with E-state index in [0.29, 0.717) is 6.08 Å². The van der Waals surface area contributed by atoms with Gasteiger partial charge in [-0.15, -0.1) is 0 Å². The van der Waals surface area contributed by atoms with Crippen molar-refractivity contribution in [1.29, 1.82) is 0 Å². The smallest absolute Gasteiger partial charge is 0.294 e. The van der Waals surface area contributed by atoms with E-state index in [9.17, 15) is 35.5 Å². The van der Waals surface area contributed by atoms with Gasteiger partial charge in [-0.3, -0.25) is 4.79 Å². The summed E-state index contributed by atoms with van der Waals surface area (Å²) in [4.78, 5) is 12.0. The Kier molecular flexibility index (Phi) is 8.29. The molecule has 0 aliphatic carbocycles. The number of aryl methyl sites for hydroxylation is 1. The summed E-state index contributed by atoms with van der Waals surface area (Å²) in [6, 6.07) is 5.03. The minimum Gasteiger partial charge on any atom is -0.294 e. The van der Waals surface area contributed by atoms with Crippen LogP contribution in [-0.2, 0) is 0 Å². The van der Waals surface area contributed by atoms with Gasteiger partial charge in [-0.25, -0.2) is 4.39 Å². The minimum absolute atomic E-state index is 0.0746. The molecular formula is C21H14Cl3F7O. The van der Waals surface area contributed by atoms with Crippen LogP contribution >= 0.6 is 34.8 Å². The van der Waals surface area contributed by atoms with Gasteiger partial charge in [-0.05, 0) is 42.3 Å². The summed E-state index contributed by atoms with van der Waals surface area (Å²) >= 11 is 17.3. The topological polar surface area (TPSA) is 17.1 Å². The number of carbonyl (C=O) groups is 1. The summed E-state index contributed by atoms with van der Waals surface area (Å²) in [5.41, 5.74) is -0.674. The summed E-state index contributed by atoms with van der Waals surface area (Å²) in [5, 5.41) is -0.631. The molecule has 0 saturated heterocycles. The van der Waals surface area contributed by atoms with E-state index in [4.69, 9.17) is 34.8 Å². The molecule has 2 aromatic carbocycles. The highest BCUT2D eigenvalue weighted by atomic mass is 35.5. The van der Waals surface area contributed by atoms with E-state index in [0.717, 1.165) is 30.3 Å². The lowest BCUT2D eigenvalue weighted by Gasteiger charge is -2.19. The Balaban J connectivity index is 2.38. The van der Waals surface area contributed by atoms with E-state index >= 15 is 0 Å². The van der Waals surface area contributed by atoms with Crippen LogP contribution in [0.15, 0.2) is 36.4 Å². The van der Waals surface area contributed by atoms with Gasteiger partial charge >= 0.3 is 12.4 Å². The first kappa shape index (κ1) is 26.5. The summed E-state index contributed by atoms with van der Waals surface area (Å²) in [5.74, 6) is -4.48. The summed E-state index contributed by atoms with van der Waals surface area (Å²) in [6.45, 7) is 1.34. The van der Waals surface area contributed by atoms with E-state index in [1.165, 1.54) is 6.92 Å². The number of hydrogen-bond acceptors (Lipinski definition) is 1. The van der Waals surface area contributed by atoms with Crippen molar-refractivity contribution < 1.29 is 35.5 Å². The predicted octanol–water partition coefficient (Wildman–Crippen LogP) is 9.14. The Morgan fingerprint density at radius 2 is 1.56 bits per heavy atom. The molecule has 0 radical (unpaired) electrons. The fourth-order valence-electron chi connectivity index (χ4n) is 2.89. The molecule has 0 saturated carbocycles. The van der Waals surface area contributed by atoms with Crippen LogP contribution in [0.25, 0.3) is 5.83 Å². The van der Waals surface area contributed by atoms with Crippen LogP contribution in [0.4, 0.5) is 30.7 Å². The highest BCUT2D eigenvalue weighted by Gasteiger charge is 2.40. The normalized spacial score (nSPS) is 13.9. The minimum atomic E-state index is -4.90. The number of alkyl halides is 6. The van der Waals surface area contributed by atoms with Crippen molar-refractivity contribution in [3.8, 4) is 0 Å². The average molecular weight is 522 g/mol. The first-order valence-corrected chi connectivity index (χ1v) is 10.0. The molecule has 0 fully saturated rings. The van der Waals surface area contributed by atoms with E-state index < -0.39 is 48.3 Å². The Bertz CT molecular complexity index is 1020. The zero-order valence-corrected chi connectivity index (χ0v) is 18.4. The van der Waals surface area contributed by atoms with E-state index in [-0.39, 0.29) is 31.8 Å². The first-order valence-electron chi connectivity index (χ1n) is 8.89. The molecule has 1 atom stereocenters. The third kappa shape index (κ3) is 6.86. The van der Waals surface area contributed by atoms with Crippen LogP contribution in [0.5, 0.6) is 0 Å². The second-order valence-corrected chi connectivity index (χ2v) is 8.09. The molecule has 0 bridgehead atoms. The predicted molar refractivity (Wildman–Crippen MR) is 110 cm³/mol. The third-order valence-corrected chi connectivity index (χ3v) is 5.67. The number of Topliss-reactive ketones (excluding diaryl/α,β-unsaturated/α-hetero) is 1. The zero-order chi connectivity index (χ0) is 24.4. The molecule has 2 rings (SSSR count). The fraction of sp³-hybridized carbons (Fsp3) is 0.286. The molecule has 2 aromatic rings. The maximum absolute atomic E-state index is 14.7. The maximum Gasteiger partial charge on any atom is 0.399 e. The molecule has 0 aromatic heterocycles. The van der Waals surface area contributed by atoms with Gasteiger partial charge in [0.25, 0.3) is 0 Å². The van der Waals surface area contributed by atoms with Crippen molar-refractivity contribution in [3.63, 3.8) is 0 Å². The fourth-order valence-corrected chi connectivity index (χ4v) is 3.51. The molecule has 0 amide bonds. The standard InChI is InChI=1S/C21H14Cl3F7O/c1-10-6-11(2-3-13(10)18(32)4-5-20(26,27)28)17(25)9-14(21(29,30)31)12-7-15(22)19(24)16(23)8-12/h2-3,6-9,14H,4-5H2,1H3/b17-9-. The largest absolute Gasteiger partial charge is 0.399 e. The van der Waals surface area contributed by atoms with Crippen LogP contribution in [0.1, 0.15) is 45.8 Å². The summed E-state index contributed by atoms with van der Waals surface area (Å²) in [6.07, 6.45) is -11.2. The van der Waals surface area contributed by atoms with Crippen LogP contribution in [0, 0.1) is 6.92 Å². The van der Waals surface area contributed by atoms with Gasteiger partial charge in [0, 0.05) is 17.5 Å². The average Bonchev–Trinajstić information content (AvgIpc) is 2.66. The molecule has 0 aliphatic rings. The van der Waals surface area contributed by atoms with Gasteiger partial charge < -0.3 is 0 Å². The molecule has 0 heterocycles. The number of benzene rings is 2. The van der Waals surface area contributed by atoms with Crippen LogP contribution in [0.3, 0.4) is 0 Å². The number of halogens is 10. The lowest BCUT2D eigenvalue weighted by molar-refractivity contribution is -0.139. The van der Waals surface area contributed by atoms with Gasteiger partial charge in [-0.2, -0.15) is 26.3 Å². The SMILES string of the molecule is Cc1cc(/C(F)=C/C(c2cc(Cl)c(Cl)c(Cl)c2)C(F)(F)F)ccc1C(=O)CCC(F)(F)F. The van der Waals surface area contributed by atoms with Crippen molar-refractivity contribution >= 4 is 46.4 Å². The zero-order valence-electron chi connectivity index (χ0n) is 16.1. The monoisotopic (exact) mass is 520 g/mol. The first-order chi connectivity index (χ1) is 14.6. The van der Waals surface area contributed by atoms with Crippen LogP contribution in [-0.4, -0.2) is 18.1 Å². The van der Waals surface area contributed by atoms with E-state index in [1.54, 1.807) is 0 Å².